The van der Waals surface area contributed by atoms with Crippen LogP contribution in [0.4, 0.5) is 13.2 Å². The van der Waals surface area contributed by atoms with E-state index in [2.05, 4.69) is 4.99 Å². The number of aliphatic carboxylic acids is 1. The number of hydrogen-bond donors (Lipinski definition) is 1. The van der Waals surface area contributed by atoms with Crippen LogP contribution in [0.15, 0.2) is 28.4 Å². The Hall–Kier alpha value is -2.12. The highest BCUT2D eigenvalue weighted by Gasteiger charge is 2.34. The number of aliphatic imine (C=N–C) groups is 1. The van der Waals surface area contributed by atoms with Gasteiger partial charge in [0, 0.05) is 18.0 Å². The number of carboxylic acid groups (broad SMARTS) is 1. The molecule has 0 aromatic heterocycles. The summed E-state index contributed by atoms with van der Waals surface area (Å²) in [5.74, 6) is -1.75. The molecular weight excluding hydrogens is 351 g/mol. The zero-order chi connectivity index (χ0) is 19.9. The molecule has 0 radical (unpaired) electrons. The van der Waals surface area contributed by atoms with Crippen LogP contribution in [0.1, 0.15) is 40.0 Å². The number of nitrogens with zero attached hydrogens (tertiary/aromatic N) is 1. The van der Waals surface area contributed by atoms with E-state index in [4.69, 9.17) is 9.84 Å². The molecule has 1 saturated carbocycles. The second-order valence-corrected chi connectivity index (χ2v) is 6.37. The summed E-state index contributed by atoms with van der Waals surface area (Å²) in [5, 5.41) is 8.90. The van der Waals surface area contributed by atoms with E-state index in [9.17, 15) is 22.8 Å². The summed E-state index contributed by atoms with van der Waals surface area (Å²) in [6.45, 7) is 4.77. The Labute approximate surface area is 150 Å². The van der Waals surface area contributed by atoms with E-state index < -0.39 is 23.3 Å². The molecule has 1 fully saturated rings. The lowest BCUT2D eigenvalue weighted by molar-refractivity contribution is -0.151. The SMILES string of the molecule is CCOC(=O)[C@@H]1CC[C@H](/C=C/N=C/C(C(=O)O)=C(\C)C(F)(F)F)C[C@@H]1C. The van der Waals surface area contributed by atoms with Gasteiger partial charge in [-0.1, -0.05) is 13.0 Å². The van der Waals surface area contributed by atoms with E-state index in [1.807, 2.05) is 6.92 Å². The minimum absolute atomic E-state index is 0.128. The molecule has 0 saturated heterocycles. The molecule has 0 aromatic carbocycles. The maximum absolute atomic E-state index is 12.6. The van der Waals surface area contributed by atoms with E-state index in [0.717, 1.165) is 12.8 Å². The lowest BCUT2D eigenvalue weighted by atomic mass is 9.75. The fourth-order valence-electron chi connectivity index (χ4n) is 2.97. The maximum atomic E-state index is 12.6. The first kappa shape index (κ1) is 21.9. The summed E-state index contributed by atoms with van der Waals surface area (Å²) >= 11 is 0. The van der Waals surface area contributed by atoms with Crippen LogP contribution in [0.25, 0.3) is 0 Å². The number of rotatable bonds is 6. The first-order valence-corrected chi connectivity index (χ1v) is 8.45. The molecule has 1 rings (SSSR count). The summed E-state index contributed by atoms with van der Waals surface area (Å²) in [4.78, 5) is 26.5. The molecule has 0 spiro atoms. The van der Waals surface area contributed by atoms with E-state index in [0.29, 0.717) is 26.2 Å². The van der Waals surface area contributed by atoms with Gasteiger partial charge in [0.25, 0.3) is 0 Å². The molecular formula is C18H24F3NO4. The van der Waals surface area contributed by atoms with Gasteiger partial charge in [-0.2, -0.15) is 13.2 Å². The smallest absolute Gasteiger partial charge is 0.413 e. The highest BCUT2D eigenvalue weighted by molar-refractivity contribution is 6.09. The van der Waals surface area contributed by atoms with Crippen LogP contribution in [0.3, 0.4) is 0 Å². The standard InChI is InChI=1S/C18H24F3NO4/c1-4-26-17(25)14-6-5-13(9-11(14)2)7-8-22-10-15(16(23)24)12(3)18(19,20)21/h7-8,10-11,13-14H,4-6,9H2,1-3H3,(H,23,24)/b8-7+,15-12-,22-10+/t11-,13+,14+/m0/s1. The second kappa shape index (κ2) is 9.54. The molecule has 26 heavy (non-hydrogen) atoms. The van der Waals surface area contributed by atoms with Crippen molar-refractivity contribution in [1.82, 2.24) is 0 Å². The van der Waals surface area contributed by atoms with E-state index in [-0.39, 0.29) is 23.7 Å². The van der Waals surface area contributed by atoms with Crippen molar-refractivity contribution in [1.29, 1.82) is 0 Å². The summed E-state index contributed by atoms with van der Waals surface area (Å²) in [7, 11) is 0. The van der Waals surface area contributed by atoms with Crippen molar-refractivity contribution >= 4 is 18.2 Å². The molecule has 0 unspecified atom stereocenters. The highest BCUT2D eigenvalue weighted by atomic mass is 19.4. The zero-order valence-corrected chi connectivity index (χ0v) is 15.0. The minimum atomic E-state index is -4.72. The van der Waals surface area contributed by atoms with Gasteiger partial charge in [0.15, 0.2) is 0 Å². The number of halogens is 3. The second-order valence-electron chi connectivity index (χ2n) is 6.37. The van der Waals surface area contributed by atoms with Crippen molar-refractivity contribution in [3.05, 3.63) is 23.4 Å². The number of allylic oxidation sites excluding steroid dienone is 2. The molecule has 1 aliphatic rings. The third kappa shape index (κ3) is 6.31. The van der Waals surface area contributed by atoms with Crippen molar-refractivity contribution in [3.8, 4) is 0 Å². The molecule has 1 N–H and O–H groups in total. The van der Waals surface area contributed by atoms with Crippen LogP contribution >= 0.6 is 0 Å². The Morgan fingerprint density at radius 1 is 1.31 bits per heavy atom. The van der Waals surface area contributed by atoms with Crippen LogP contribution in [0.2, 0.25) is 0 Å². The zero-order valence-electron chi connectivity index (χ0n) is 15.0. The van der Waals surface area contributed by atoms with Crippen molar-refractivity contribution in [2.45, 2.75) is 46.2 Å². The normalized spacial score (nSPS) is 25.4. The van der Waals surface area contributed by atoms with Gasteiger partial charge in [-0.25, -0.2) is 4.79 Å². The molecule has 0 bridgehead atoms. The fraction of sp³-hybridized carbons (Fsp3) is 0.611. The topological polar surface area (TPSA) is 76.0 Å². The summed E-state index contributed by atoms with van der Waals surface area (Å²) in [6, 6.07) is 0. The Morgan fingerprint density at radius 2 is 1.96 bits per heavy atom. The summed E-state index contributed by atoms with van der Waals surface area (Å²) in [6.07, 6.45) is 1.18. The molecule has 8 heteroatoms. The first-order valence-electron chi connectivity index (χ1n) is 8.45. The Morgan fingerprint density at radius 3 is 2.46 bits per heavy atom. The first-order chi connectivity index (χ1) is 12.1. The van der Waals surface area contributed by atoms with Crippen LogP contribution in [-0.2, 0) is 14.3 Å². The van der Waals surface area contributed by atoms with Gasteiger partial charge in [0.2, 0.25) is 0 Å². The Kier molecular flexibility index (Phi) is 8.05. The number of esters is 1. The van der Waals surface area contributed by atoms with E-state index in [1.165, 1.54) is 6.20 Å². The van der Waals surface area contributed by atoms with Gasteiger partial charge in [-0.3, -0.25) is 9.79 Å². The lowest BCUT2D eigenvalue weighted by Crippen LogP contribution is -2.30. The molecule has 1 aliphatic carbocycles. The molecule has 0 amide bonds. The third-order valence-electron chi connectivity index (χ3n) is 4.51. The number of carboxylic acids is 1. The molecule has 0 aromatic rings. The predicted octanol–water partition coefficient (Wildman–Crippen LogP) is 4.15. The Bertz CT molecular complexity index is 608. The largest absolute Gasteiger partial charge is 0.478 e. The number of alkyl halides is 3. The average Bonchev–Trinajstić information content (AvgIpc) is 2.53. The van der Waals surface area contributed by atoms with Gasteiger partial charge in [-0.05, 0) is 44.9 Å². The van der Waals surface area contributed by atoms with Gasteiger partial charge in [0.05, 0.1) is 18.1 Å². The minimum Gasteiger partial charge on any atom is -0.478 e. The molecule has 5 nitrogen and oxygen atoms in total. The van der Waals surface area contributed by atoms with Crippen molar-refractivity contribution in [3.63, 3.8) is 0 Å². The van der Waals surface area contributed by atoms with Crippen LogP contribution in [-0.4, -0.2) is 36.0 Å². The molecule has 0 heterocycles. The number of hydrogen-bond acceptors (Lipinski definition) is 4. The number of carbonyl (C=O) groups is 2. The fourth-order valence-corrected chi connectivity index (χ4v) is 2.97. The van der Waals surface area contributed by atoms with Crippen LogP contribution < -0.4 is 0 Å². The monoisotopic (exact) mass is 375 g/mol. The molecule has 3 atom stereocenters. The van der Waals surface area contributed by atoms with E-state index in [1.54, 1.807) is 13.0 Å². The van der Waals surface area contributed by atoms with Gasteiger partial charge in [0.1, 0.15) is 0 Å². The lowest BCUT2D eigenvalue weighted by Gasteiger charge is -2.31. The molecule has 0 aliphatic heterocycles. The quantitative estimate of drug-likeness (QED) is 0.430. The predicted molar refractivity (Wildman–Crippen MR) is 90.7 cm³/mol. The van der Waals surface area contributed by atoms with Gasteiger partial charge >= 0.3 is 18.1 Å². The Balaban J connectivity index is 2.71. The van der Waals surface area contributed by atoms with Crippen LogP contribution in [0.5, 0.6) is 0 Å². The van der Waals surface area contributed by atoms with Crippen molar-refractivity contribution in [2.24, 2.45) is 22.7 Å². The maximum Gasteiger partial charge on any atom is 0.413 e. The van der Waals surface area contributed by atoms with Crippen LogP contribution in [0, 0.1) is 17.8 Å². The summed E-state index contributed by atoms with van der Waals surface area (Å²) < 4.78 is 42.9. The highest BCUT2D eigenvalue weighted by Crippen LogP contribution is 2.35. The number of carbonyl (C=O) groups excluding carboxylic acids is 1. The third-order valence-corrected chi connectivity index (χ3v) is 4.51. The average molecular weight is 375 g/mol. The van der Waals surface area contributed by atoms with Gasteiger partial charge in [-0.15, -0.1) is 0 Å². The molecule has 146 valence electrons. The summed E-state index contributed by atoms with van der Waals surface area (Å²) in [5.41, 5.74) is -2.09. The van der Waals surface area contributed by atoms with Gasteiger partial charge < -0.3 is 9.84 Å². The van der Waals surface area contributed by atoms with Crippen molar-refractivity contribution in [2.75, 3.05) is 6.61 Å². The van der Waals surface area contributed by atoms with E-state index >= 15 is 0 Å². The van der Waals surface area contributed by atoms with Crippen molar-refractivity contribution < 1.29 is 32.6 Å². The number of ether oxygens (including phenoxy) is 1.